The van der Waals surface area contributed by atoms with Gasteiger partial charge in [0.15, 0.2) is 11.5 Å². The Morgan fingerprint density at radius 3 is 2.57 bits per heavy atom. The molecule has 0 aromatic rings. The quantitative estimate of drug-likeness (QED) is 0.694. The molecule has 0 bridgehead atoms. The summed E-state index contributed by atoms with van der Waals surface area (Å²) in [4.78, 5) is 25.2. The predicted octanol–water partition coefficient (Wildman–Crippen LogP) is 3.45. The van der Waals surface area contributed by atoms with Crippen LogP contribution >= 0.6 is 0 Å². The molecule has 1 saturated carbocycles. The van der Waals surface area contributed by atoms with Crippen molar-refractivity contribution < 1.29 is 14.3 Å². The molecule has 3 rings (SSSR count). The molecule has 21 heavy (non-hydrogen) atoms. The van der Waals surface area contributed by atoms with Crippen molar-refractivity contribution in [3.8, 4) is 0 Å². The molecule has 3 aliphatic rings. The molecular weight excluding hydrogens is 264 g/mol. The Morgan fingerprint density at radius 1 is 1.19 bits per heavy atom. The van der Waals surface area contributed by atoms with Gasteiger partial charge >= 0.3 is 0 Å². The van der Waals surface area contributed by atoms with E-state index < -0.39 is 0 Å². The van der Waals surface area contributed by atoms with Crippen molar-refractivity contribution in [3.05, 3.63) is 23.5 Å². The van der Waals surface area contributed by atoms with Crippen molar-refractivity contribution in [1.29, 1.82) is 0 Å². The van der Waals surface area contributed by atoms with Gasteiger partial charge in [0.25, 0.3) is 0 Å². The maximum atomic E-state index is 12.8. The van der Waals surface area contributed by atoms with Gasteiger partial charge in [-0.25, -0.2) is 0 Å². The van der Waals surface area contributed by atoms with E-state index in [9.17, 15) is 9.59 Å². The number of hydrogen-bond acceptors (Lipinski definition) is 3. The highest BCUT2D eigenvalue weighted by molar-refractivity contribution is 6.10. The van der Waals surface area contributed by atoms with Crippen molar-refractivity contribution in [2.24, 2.45) is 22.7 Å². The lowest BCUT2D eigenvalue weighted by atomic mass is 9.49. The third-order valence-corrected chi connectivity index (χ3v) is 5.89. The summed E-state index contributed by atoms with van der Waals surface area (Å²) in [5.74, 6) is -0.125. The van der Waals surface area contributed by atoms with Crippen LogP contribution in [0.1, 0.15) is 46.5 Å². The summed E-state index contributed by atoms with van der Waals surface area (Å²) in [5, 5.41) is 0. The van der Waals surface area contributed by atoms with Gasteiger partial charge in [-0.2, -0.15) is 0 Å². The van der Waals surface area contributed by atoms with E-state index in [1.165, 1.54) is 18.8 Å². The lowest BCUT2D eigenvalue weighted by Gasteiger charge is -2.54. The molecule has 0 unspecified atom stereocenters. The van der Waals surface area contributed by atoms with E-state index in [-0.39, 0.29) is 40.0 Å². The largest absolute Gasteiger partial charge is 0.493 e. The van der Waals surface area contributed by atoms with Gasteiger partial charge in [0.05, 0.1) is 7.11 Å². The molecule has 0 saturated heterocycles. The summed E-state index contributed by atoms with van der Waals surface area (Å²) >= 11 is 0. The van der Waals surface area contributed by atoms with Gasteiger partial charge in [0.1, 0.15) is 0 Å². The Labute approximate surface area is 126 Å². The summed E-state index contributed by atoms with van der Waals surface area (Å²) < 4.78 is 5.17. The maximum Gasteiger partial charge on any atom is 0.202 e. The minimum atomic E-state index is -0.246. The number of rotatable bonds is 1. The second-order valence-corrected chi connectivity index (χ2v) is 7.57. The third-order valence-electron chi connectivity index (χ3n) is 5.89. The van der Waals surface area contributed by atoms with Gasteiger partial charge in [0, 0.05) is 17.9 Å². The normalized spacial score (nSPS) is 38.1. The summed E-state index contributed by atoms with van der Waals surface area (Å²) in [7, 11) is 1.48. The van der Waals surface area contributed by atoms with Gasteiger partial charge in [-0.3, -0.25) is 9.59 Å². The van der Waals surface area contributed by atoms with Crippen molar-refractivity contribution in [2.45, 2.75) is 46.5 Å². The molecule has 0 aromatic carbocycles. The molecule has 1 fully saturated rings. The molecule has 3 atom stereocenters. The topological polar surface area (TPSA) is 43.4 Å². The van der Waals surface area contributed by atoms with Crippen LogP contribution in [0.25, 0.3) is 0 Å². The van der Waals surface area contributed by atoms with Crippen LogP contribution < -0.4 is 0 Å². The van der Waals surface area contributed by atoms with Gasteiger partial charge in [-0.15, -0.1) is 0 Å². The molecule has 0 spiro atoms. The van der Waals surface area contributed by atoms with E-state index in [0.717, 1.165) is 19.3 Å². The number of ketones is 2. The molecule has 0 amide bonds. The lowest BCUT2D eigenvalue weighted by Crippen LogP contribution is -2.51. The number of hydrogen-bond donors (Lipinski definition) is 0. The van der Waals surface area contributed by atoms with Crippen LogP contribution in [-0.2, 0) is 14.3 Å². The van der Waals surface area contributed by atoms with Crippen LogP contribution in [0.4, 0.5) is 0 Å². The van der Waals surface area contributed by atoms with E-state index in [1.807, 2.05) is 0 Å². The van der Waals surface area contributed by atoms with E-state index in [2.05, 4.69) is 26.8 Å². The lowest BCUT2D eigenvalue weighted by molar-refractivity contribution is -0.138. The number of fused-ring (bicyclic) bond motifs is 3. The van der Waals surface area contributed by atoms with Crippen molar-refractivity contribution in [3.63, 3.8) is 0 Å². The fourth-order valence-corrected chi connectivity index (χ4v) is 4.97. The minimum absolute atomic E-state index is 0.0212. The molecule has 3 heteroatoms. The average Bonchev–Trinajstić information content (AvgIpc) is 2.41. The highest BCUT2D eigenvalue weighted by atomic mass is 16.5. The zero-order valence-corrected chi connectivity index (χ0v) is 13.4. The van der Waals surface area contributed by atoms with Gasteiger partial charge in [-0.1, -0.05) is 38.8 Å². The Morgan fingerprint density at radius 2 is 1.90 bits per heavy atom. The van der Waals surface area contributed by atoms with E-state index in [0.29, 0.717) is 6.42 Å². The molecule has 114 valence electrons. The smallest absolute Gasteiger partial charge is 0.202 e. The molecular formula is C18H24O3. The minimum Gasteiger partial charge on any atom is -0.493 e. The molecule has 0 radical (unpaired) electrons. The standard InChI is InChI=1S/C18H24O3/c1-17(2)8-5-9-18(3)14(17)7-6-11-12(19)10-13(21-4)16(20)15(11)18/h7,10-11,15H,5-6,8-9H2,1-4H3/t11-,15-,18-/m0/s1. The van der Waals surface area contributed by atoms with Crippen LogP contribution in [0.3, 0.4) is 0 Å². The van der Waals surface area contributed by atoms with E-state index >= 15 is 0 Å². The summed E-state index contributed by atoms with van der Waals surface area (Å²) in [6.45, 7) is 6.71. The van der Waals surface area contributed by atoms with E-state index in [4.69, 9.17) is 4.74 Å². The fourth-order valence-electron chi connectivity index (χ4n) is 4.97. The predicted molar refractivity (Wildman–Crippen MR) is 80.5 cm³/mol. The number of allylic oxidation sites excluding steroid dienone is 4. The molecule has 0 aromatic heterocycles. The number of ether oxygens (including phenoxy) is 1. The summed E-state index contributed by atoms with van der Waals surface area (Å²) in [6.07, 6.45) is 7.59. The first-order chi connectivity index (χ1) is 9.81. The van der Waals surface area contributed by atoms with Crippen molar-refractivity contribution >= 4 is 11.6 Å². The monoisotopic (exact) mass is 288 g/mol. The first-order valence-corrected chi connectivity index (χ1v) is 7.86. The average molecular weight is 288 g/mol. The Bertz CT molecular complexity index is 567. The Hall–Kier alpha value is -1.38. The summed E-state index contributed by atoms with van der Waals surface area (Å²) in [6, 6.07) is 0. The zero-order valence-electron chi connectivity index (χ0n) is 13.4. The third kappa shape index (κ3) is 1.93. The fraction of sp³-hybridized carbons (Fsp3) is 0.667. The zero-order chi connectivity index (χ0) is 15.4. The van der Waals surface area contributed by atoms with Crippen LogP contribution in [-0.4, -0.2) is 18.7 Å². The second-order valence-electron chi connectivity index (χ2n) is 7.57. The molecule has 0 aliphatic heterocycles. The number of carbonyl (C=O) groups is 2. The van der Waals surface area contributed by atoms with Crippen LogP contribution in [0.2, 0.25) is 0 Å². The highest BCUT2D eigenvalue weighted by Gasteiger charge is 2.56. The summed E-state index contributed by atoms with van der Waals surface area (Å²) in [5.41, 5.74) is 1.30. The Balaban J connectivity index is 2.11. The number of Topliss-reactive ketones (excluding diaryl/α,β-unsaturated/α-hetero) is 1. The molecule has 0 N–H and O–H groups in total. The van der Waals surface area contributed by atoms with Crippen molar-refractivity contribution in [2.75, 3.05) is 7.11 Å². The maximum absolute atomic E-state index is 12.8. The Kier molecular flexibility index (Phi) is 3.16. The van der Waals surface area contributed by atoms with Crippen LogP contribution in [0.5, 0.6) is 0 Å². The number of carbonyl (C=O) groups excluding carboxylic acids is 2. The van der Waals surface area contributed by atoms with Crippen molar-refractivity contribution in [1.82, 2.24) is 0 Å². The van der Waals surface area contributed by atoms with E-state index in [1.54, 1.807) is 0 Å². The SMILES string of the molecule is COC1=CC(=O)[C@@H]2CC=C3C(C)(C)CCC[C@]3(C)[C@@H]2C1=O. The van der Waals surface area contributed by atoms with Gasteiger partial charge in [-0.05, 0) is 30.1 Å². The van der Waals surface area contributed by atoms with Gasteiger partial charge < -0.3 is 4.74 Å². The first-order valence-electron chi connectivity index (χ1n) is 7.86. The van der Waals surface area contributed by atoms with Crippen LogP contribution in [0, 0.1) is 22.7 Å². The second kappa shape index (κ2) is 4.56. The molecule has 3 nitrogen and oxygen atoms in total. The van der Waals surface area contributed by atoms with Gasteiger partial charge in [0.2, 0.25) is 5.78 Å². The van der Waals surface area contributed by atoms with Crippen LogP contribution in [0.15, 0.2) is 23.5 Å². The first kappa shape index (κ1) is 14.6. The molecule has 3 aliphatic carbocycles. The molecule has 0 heterocycles. The highest BCUT2D eigenvalue weighted by Crippen LogP contribution is 2.59. The number of methoxy groups -OCH3 is 1.